The standard InChI is InChI=1S/C16H28N4O3S2/c1-4-19(5-2)11-14-12-24-15(18-14)10-17-16(21)13-6-8-20(9-7-13)25(3,22)23/h12-13H,4-11H2,1-3H3,(H,17,21). The van der Waals surface area contributed by atoms with Gasteiger partial charge in [-0.2, -0.15) is 0 Å². The number of hydrogen-bond acceptors (Lipinski definition) is 6. The van der Waals surface area contributed by atoms with Crippen LogP contribution in [0.3, 0.4) is 0 Å². The number of amides is 1. The molecule has 1 aromatic rings. The van der Waals surface area contributed by atoms with Gasteiger partial charge in [0.1, 0.15) is 5.01 Å². The van der Waals surface area contributed by atoms with Crippen LogP contribution in [0.2, 0.25) is 0 Å². The molecular formula is C16H28N4O3S2. The number of rotatable bonds is 8. The van der Waals surface area contributed by atoms with Crippen LogP contribution in [-0.4, -0.2) is 60.9 Å². The van der Waals surface area contributed by atoms with Crippen molar-refractivity contribution >= 4 is 27.3 Å². The van der Waals surface area contributed by atoms with Crippen molar-refractivity contribution in [1.82, 2.24) is 19.5 Å². The summed E-state index contributed by atoms with van der Waals surface area (Å²) in [6.07, 6.45) is 2.36. The summed E-state index contributed by atoms with van der Waals surface area (Å²) in [7, 11) is -3.15. The number of carbonyl (C=O) groups excluding carboxylic acids is 1. The van der Waals surface area contributed by atoms with Gasteiger partial charge >= 0.3 is 0 Å². The molecule has 0 unspecified atom stereocenters. The Morgan fingerprint density at radius 1 is 1.36 bits per heavy atom. The second-order valence-electron chi connectivity index (χ2n) is 6.35. The molecule has 142 valence electrons. The van der Waals surface area contributed by atoms with E-state index in [1.807, 2.05) is 5.38 Å². The van der Waals surface area contributed by atoms with E-state index in [4.69, 9.17) is 0 Å². The van der Waals surface area contributed by atoms with Crippen LogP contribution in [0.5, 0.6) is 0 Å². The van der Waals surface area contributed by atoms with E-state index in [1.165, 1.54) is 10.6 Å². The average molecular weight is 389 g/mol. The van der Waals surface area contributed by atoms with Gasteiger partial charge in [0.25, 0.3) is 0 Å². The monoisotopic (exact) mass is 388 g/mol. The molecule has 1 aromatic heterocycles. The Morgan fingerprint density at radius 2 is 2.00 bits per heavy atom. The zero-order chi connectivity index (χ0) is 18.4. The largest absolute Gasteiger partial charge is 0.349 e. The average Bonchev–Trinajstić information content (AvgIpc) is 3.04. The SMILES string of the molecule is CCN(CC)Cc1csc(CNC(=O)C2CCN(S(C)(=O)=O)CC2)n1. The third-order valence-corrected chi connectivity index (χ3v) is 6.79. The lowest BCUT2D eigenvalue weighted by atomic mass is 9.97. The molecule has 1 aliphatic heterocycles. The van der Waals surface area contributed by atoms with Gasteiger partial charge in [0.05, 0.1) is 18.5 Å². The molecule has 1 amide bonds. The second-order valence-corrected chi connectivity index (χ2v) is 9.27. The molecule has 7 nitrogen and oxygen atoms in total. The first-order chi connectivity index (χ1) is 11.8. The first-order valence-electron chi connectivity index (χ1n) is 8.72. The molecule has 0 aliphatic carbocycles. The highest BCUT2D eigenvalue weighted by atomic mass is 32.2. The van der Waals surface area contributed by atoms with Crippen molar-refractivity contribution in [2.24, 2.45) is 5.92 Å². The fraction of sp³-hybridized carbons (Fsp3) is 0.750. The first-order valence-corrected chi connectivity index (χ1v) is 11.4. The minimum atomic E-state index is -3.15. The van der Waals surface area contributed by atoms with Crippen LogP contribution in [-0.2, 0) is 27.9 Å². The molecule has 0 saturated carbocycles. The van der Waals surface area contributed by atoms with Gasteiger partial charge in [-0.15, -0.1) is 11.3 Å². The fourth-order valence-corrected chi connectivity index (χ4v) is 4.53. The lowest BCUT2D eigenvalue weighted by molar-refractivity contribution is -0.126. The van der Waals surface area contributed by atoms with E-state index in [2.05, 4.69) is 29.0 Å². The third kappa shape index (κ3) is 6.02. The number of nitrogens with zero attached hydrogens (tertiary/aromatic N) is 3. The van der Waals surface area contributed by atoms with Crippen LogP contribution in [0.1, 0.15) is 37.4 Å². The number of nitrogens with one attached hydrogen (secondary N) is 1. The van der Waals surface area contributed by atoms with E-state index in [0.29, 0.717) is 32.5 Å². The van der Waals surface area contributed by atoms with E-state index < -0.39 is 10.0 Å². The number of hydrogen-bond donors (Lipinski definition) is 1. The zero-order valence-electron chi connectivity index (χ0n) is 15.2. The van der Waals surface area contributed by atoms with Crippen molar-refractivity contribution in [3.63, 3.8) is 0 Å². The maximum absolute atomic E-state index is 12.3. The van der Waals surface area contributed by atoms with Crippen LogP contribution in [0.25, 0.3) is 0 Å². The predicted octanol–water partition coefficient (Wildman–Crippen LogP) is 1.27. The van der Waals surface area contributed by atoms with Crippen molar-refractivity contribution in [1.29, 1.82) is 0 Å². The molecule has 2 heterocycles. The normalized spacial score (nSPS) is 17.1. The third-order valence-electron chi connectivity index (χ3n) is 4.59. The summed E-state index contributed by atoms with van der Waals surface area (Å²) in [5.74, 6) is -0.123. The molecule has 1 fully saturated rings. The number of aromatic nitrogens is 1. The first kappa shape index (κ1) is 20.3. The Labute approximate surface area is 154 Å². The van der Waals surface area contributed by atoms with Crippen LogP contribution >= 0.6 is 11.3 Å². The van der Waals surface area contributed by atoms with Gasteiger partial charge in [-0.25, -0.2) is 17.7 Å². The summed E-state index contributed by atoms with van der Waals surface area (Å²) in [5, 5.41) is 5.90. The molecule has 1 saturated heterocycles. The van der Waals surface area contributed by atoms with E-state index >= 15 is 0 Å². The molecule has 0 aromatic carbocycles. The Morgan fingerprint density at radius 3 is 2.56 bits per heavy atom. The number of carbonyl (C=O) groups is 1. The van der Waals surface area contributed by atoms with Gasteiger partial charge in [0, 0.05) is 30.9 Å². The number of thiazole rings is 1. The van der Waals surface area contributed by atoms with Crippen LogP contribution in [0.15, 0.2) is 5.38 Å². The highest BCUT2D eigenvalue weighted by Crippen LogP contribution is 2.19. The predicted molar refractivity (Wildman–Crippen MR) is 99.7 cm³/mol. The zero-order valence-corrected chi connectivity index (χ0v) is 16.8. The van der Waals surface area contributed by atoms with Gasteiger partial charge in [0.2, 0.25) is 15.9 Å². The molecule has 9 heteroatoms. The van der Waals surface area contributed by atoms with Crippen LogP contribution < -0.4 is 5.32 Å². The summed E-state index contributed by atoms with van der Waals surface area (Å²) in [5.41, 5.74) is 1.04. The van der Waals surface area contributed by atoms with E-state index in [1.54, 1.807) is 11.3 Å². The molecule has 2 rings (SSSR count). The van der Waals surface area contributed by atoms with Gasteiger partial charge in [0.15, 0.2) is 0 Å². The number of sulfonamides is 1. The molecule has 1 N–H and O–H groups in total. The lowest BCUT2D eigenvalue weighted by Crippen LogP contribution is -2.42. The Hall–Kier alpha value is -1.03. The highest BCUT2D eigenvalue weighted by Gasteiger charge is 2.28. The van der Waals surface area contributed by atoms with E-state index in [9.17, 15) is 13.2 Å². The molecule has 1 aliphatic rings. The fourth-order valence-electron chi connectivity index (χ4n) is 2.94. The topological polar surface area (TPSA) is 82.6 Å². The summed E-state index contributed by atoms with van der Waals surface area (Å²) in [6, 6.07) is 0. The van der Waals surface area contributed by atoms with Crippen LogP contribution in [0.4, 0.5) is 0 Å². The van der Waals surface area contributed by atoms with Crippen molar-refractivity contribution in [2.45, 2.75) is 39.8 Å². The summed E-state index contributed by atoms with van der Waals surface area (Å²) in [6.45, 7) is 8.36. The molecule has 0 spiro atoms. The second kappa shape index (κ2) is 9.07. The van der Waals surface area contributed by atoms with Gasteiger partial charge in [-0.05, 0) is 25.9 Å². The quantitative estimate of drug-likeness (QED) is 0.725. The van der Waals surface area contributed by atoms with E-state index in [-0.39, 0.29) is 11.8 Å². The maximum Gasteiger partial charge on any atom is 0.223 e. The minimum absolute atomic E-state index is 0.00589. The Bertz CT molecular complexity index is 663. The molecular weight excluding hydrogens is 360 g/mol. The molecule has 0 atom stereocenters. The summed E-state index contributed by atoms with van der Waals surface area (Å²) >= 11 is 1.56. The van der Waals surface area contributed by atoms with E-state index in [0.717, 1.165) is 30.3 Å². The number of piperidine rings is 1. The van der Waals surface area contributed by atoms with Crippen molar-refractivity contribution in [3.8, 4) is 0 Å². The lowest BCUT2D eigenvalue weighted by Gasteiger charge is -2.29. The summed E-state index contributed by atoms with van der Waals surface area (Å²) in [4.78, 5) is 19.2. The Balaban J connectivity index is 1.78. The maximum atomic E-state index is 12.3. The van der Waals surface area contributed by atoms with Gasteiger partial charge in [-0.3, -0.25) is 9.69 Å². The van der Waals surface area contributed by atoms with Crippen molar-refractivity contribution in [2.75, 3.05) is 32.4 Å². The van der Waals surface area contributed by atoms with Gasteiger partial charge < -0.3 is 5.32 Å². The Kier molecular flexibility index (Phi) is 7.36. The minimum Gasteiger partial charge on any atom is -0.349 e. The van der Waals surface area contributed by atoms with Crippen molar-refractivity contribution < 1.29 is 13.2 Å². The molecule has 0 bridgehead atoms. The van der Waals surface area contributed by atoms with Crippen molar-refractivity contribution in [3.05, 3.63) is 16.1 Å². The molecule has 0 radical (unpaired) electrons. The highest BCUT2D eigenvalue weighted by molar-refractivity contribution is 7.88. The molecule has 25 heavy (non-hydrogen) atoms. The van der Waals surface area contributed by atoms with Gasteiger partial charge in [-0.1, -0.05) is 13.8 Å². The summed E-state index contributed by atoms with van der Waals surface area (Å²) < 4.78 is 24.5. The smallest absolute Gasteiger partial charge is 0.223 e. The van der Waals surface area contributed by atoms with Crippen LogP contribution in [0, 0.1) is 5.92 Å².